The van der Waals surface area contributed by atoms with Crippen molar-refractivity contribution in [3.63, 3.8) is 0 Å². The van der Waals surface area contributed by atoms with Crippen LogP contribution < -0.4 is 0 Å². The van der Waals surface area contributed by atoms with Gasteiger partial charge in [-0.3, -0.25) is 9.48 Å². The fourth-order valence-corrected chi connectivity index (χ4v) is 5.30. The van der Waals surface area contributed by atoms with E-state index >= 15 is 0 Å². The van der Waals surface area contributed by atoms with E-state index in [0.29, 0.717) is 17.8 Å². The molecule has 2 unspecified atom stereocenters. The summed E-state index contributed by atoms with van der Waals surface area (Å²) in [5.74, 6) is -0.305. The van der Waals surface area contributed by atoms with Crippen LogP contribution in [0.3, 0.4) is 0 Å². The van der Waals surface area contributed by atoms with E-state index < -0.39 is 0 Å². The number of carbonyl (C=O) groups excluding carboxylic acids is 1. The second kappa shape index (κ2) is 7.46. The molecule has 0 saturated carbocycles. The lowest BCUT2D eigenvalue weighted by molar-refractivity contribution is 0.0624. The van der Waals surface area contributed by atoms with Crippen molar-refractivity contribution in [2.24, 2.45) is 7.05 Å². The Balaban J connectivity index is 1.48. The summed E-state index contributed by atoms with van der Waals surface area (Å²) in [6.45, 7) is 4.62. The molecule has 0 spiro atoms. The first kappa shape index (κ1) is 19.7. The van der Waals surface area contributed by atoms with Gasteiger partial charge in [0, 0.05) is 47.3 Å². The second-order valence-electron chi connectivity index (χ2n) is 7.82. The third kappa shape index (κ3) is 3.27. The summed E-state index contributed by atoms with van der Waals surface area (Å²) in [6.07, 6.45) is 1.89. The van der Waals surface area contributed by atoms with Crippen LogP contribution in [0.2, 0.25) is 0 Å². The number of aromatic nitrogens is 3. The average Bonchev–Trinajstić information content (AvgIpc) is 3.51. The monoisotopic (exact) mass is 436 g/mol. The highest BCUT2D eigenvalue weighted by molar-refractivity contribution is 7.10. The van der Waals surface area contributed by atoms with Crippen LogP contribution in [0.4, 0.5) is 4.39 Å². The molecule has 0 aliphatic carbocycles. The maximum absolute atomic E-state index is 13.4. The van der Waals surface area contributed by atoms with Crippen LogP contribution in [-0.4, -0.2) is 32.3 Å². The van der Waals surface area contributed by atoms with E-state index in [4.69, 9.17) is 4.52 Å². The first-order chi connectivity index (χ1) is 14.9. The number of hydrogen-bond acceptors (Lipinski definition) is 5. The van der Waals surface area contributed by atoms with Crippen molar-refractivity contribution < 1.29 is 13.7 Å². The molecule has 1 aliphatic rings. The molecular formula is C23H21FN4O2S. The fraction of sp³-hybridized carbons (Fsp3) is 0.261. The Kier molecular flexibility index (Phi) is 4.74. The number of amides is 1. The lowest BCUT2D eigenvalue weighted by Crippen LogP contribution is -2.40. The van der Waals surface area contributed by atoms with Gasteiger partial charge < -0.3 is 9.42 Å². The fourth-order valence-electron chi connectivity index (χ4n) is 4.20. The number of hydrogen-bond donors (Lipinski definition) is 0. The molecule has 5 rings (SSSR count). The molecule has 0 fully saturated rings. The van der Waals surface area contributed by atoms with Gasteiger partial charge in [0.2, 0.25) is 5.76 Å². The molecule has 1 aromatic carbocycles. The molecule has 4 heterocycles. The van der Waals surface area contributed by atoms with E-state index in [0.717, 1.165) is 16.8 Å². The van der Waals surface area contributed by atoms with E-state index in [1.54, 1.807) is 29.5 Å². The lowest BCUT2D eigenvalue weighted by atomic mass is 9.88. The van der Waals surface area contributed by atoms with Gasteiger partial charge in [-0.25, -0.2) is 4.39 Å². The third-order valence-corrected chi connectivity index (χ3v) is 7.16. The van der Waals surface area contributed by atoms with Gasteiger partial charge in [-0.1, -0.05) is 5.16 Å². The van der Waals surface area contributed by atoms with Gasteiger partial charge in [0.05, 0.1) is 12.2 Å². The summed E-state index contributed by atoms with van der Waals surface area (Å²) >= 11 is 1.72. The van der Waals surface area contributed by atoms with E-state index in [1.165, 1.54) is 17.0 Å². The molecule has 2 atom stereocenters. The molecule has 0 bridgehead atoms. The first-order valence-corrected chi connectivity index (χ1v) is 10.9. The van der Waals surface area contributed by atoms with Crippen LogP contribution in [0, 0.1) is 12.7 Å². The topological polar surface area (TPSA) is 64.2 Å². The summed E-state index contributed by atoms with van der Waals surface area (Å²) in [4.78, 5) is 16.5. The van der Waals surface area contributed by atoms with Crippen molar-refractivity contribution >= 4 is 17.2 Å². The van der Waals surface area contributed by atoms with Gasteiger partial charge in [-0.2, -0.15) is 5.10 Å². The Hall–Kier alpha value is -3.26. The Labute approximate surface area is 182 Å². The van der Waals surface area contributed by atoms with Crippen molar-refractivity contribution in [2.45, 2.75) is 25.8 Å². The largest absolute Gasteiger partial charge is 0.350 e. The summed E-state index contributed by atoms with van der Waals surface area (Å²) < 4.78 is 20.5. The van der Waals surface area contributed by atoms with Gasteiger partial charge in [0.15, 0.2) is 0 Å². The molecule has 3 aromatic heterocycles. The number of benzene rings is 1. The average molecular weight is 437 g/mol. The summed E-state index contributed by atoms with van der Waals surface area (Å²) in [6, 6.07) is 9.58. The highest BCUT2D eigenvalue weighted by atomic mass is 32.1. The number of thiophene rings is 1. The predicted octanol–water partition coefficient (Wildman–Crippen LogP) is 4.93. The van der Waals surface area contributed by atoms with Crippen molar-refractivity contribution in [3.8, 4) is 11.3 Å². The zero-order chi connectivity index (χ0) is 21.7. The third-order valence-electron chi connectivity index (χ3n) is 6.11. The number of halogens is 1. The van der Waals surface area contributed by atoms with E-state index in [9.17, 15) is 9.18 Å². The molecule has 0 radical (unpaired) electrons. The molecule has 0 saturated heterocycles. The zero-order valence-corrected chi connectivity index (χ0v) is 18.2. The van der Waals surface area contributed by atoms with Gasteiger partial charge in [0.1, 0.15) is 11.5 Å². The minimum Gasteiger partial charge on any atom is -0.350 e. The van der Waals surface area contributed by atoms with Crippen LogP contribution in [0.25, 0.3) is 11.3 Å². The quantitative estimate of drug-likeness (QED) is 0.457. The molecule has 1 amide bonds. The van der Waals surface area contributed by atoms with E-state index in [1.807, 2.05) is 36.7 Å². The number of fused-ring (bicyclic) bond motifs is 1. The van der Waals surface area contributed by atoms with Crippen LogP contribution >= 0.6 is 11.3 Å². The Bertz CT molecular complexity index is 1260. The minimum absolute atomic E-state index is 0.0586. The molecule has 0 N–H and O–H groups in total. The molecular weight excluding hydrogens is 415 g/mol. The predicted molar refractivity (Wildman–Crippen MR) is 115 cm³/mol. The van der Waals surface area contributed by atoms with Gasteiger partial charge in [0.25, 0.3) is 5.91 Å². The van der Waals surface area contributed by atoms with E-state index in [2.05, 4.69) is 21.7 Å². The van der Waals surface area contributed by atoms with Crippen LogP contribution in [-0.2, 0) is 7.05 Å². The van der Waals surface area contributed by atoms with Crippen molar-refractivity contribution in [2.75, 3.05) is 6.54 Å². The maximum atomic E-state index is 13.4. The second-order valence-corrected chi connectivity index (χ2v) is 8.77. The van der Waals surface area contributed by atoms with Crippen LogP contribution in [0.5, 0.6) is 0 Å². The van der Waals surface area contributed by atoms with E-state index in [-0.39, 0.29) is 29.4 Å². The van der Waals surface area contributed by atoms with Crippen LogP contribution in [0.1, 0.15) is 51.1 Å². The Morgan fingerprint density at radius 3 is 2.71 bits per heavy atom. The lowest BCUT2D eigenvalue weighted by Gasteiger charge is -2.37. The van der Waals surface area contributed by atoms with Gasteiger partial charge in [-0.15, -0.1) is 11.3 Å². The summed E-state index contributed by atoms with van der Waals surface area (Å²) in [5.41, 5.74) is 4.56. The zero-order valence-electron chi connectivity index (χ0n) is 17.4. The number of aryl methyl sites for hydroxylation is 1. The first-order valence-electron chi connectivity index (χ1n) is 10.0. The normalized spacial score (nSPS) is 18.3. The van der Waals surface area contributed by atoms with Gasteiger partial charge >= 0.3 is 0 Å². The number of carbonyl (C=O) groups is 1. The Morgan fingerprint density at radius 1 is 1.23 bits per heavy atom. The van der Waals surface area contributed by atoms with Crippen molar-refractivity contribution in [1.29, 1.82) is 0 Å². The number of nitrogens with zero attached hydrogens (tertiary/aromatic N) is 4. The van der Waals surface area contributed by atoms with Crippen molar-refractivity contribution in [1.82, 2.24) is 19.8 Å². The molecule has 158 valence electrons. The summed E-state index contributed by atoms with van der Waals surface area (Å²) in [5, 5.41) is 10.5. The molecule has 6 nitrogen and oxygen atoms in total. The number of rotatable bonds is 3. The molecule has 31 heavy (non-hydrogen) atoms. The highest BCUT2D eigenvalue weighted by Gasteiger charge is 2.37. The minimum atomic E-state index is -0.325. The molecule has 1 aliphatic heterocycles. The smallest absolute Gasteiger partial charge is 0.293 e. The highest BCUT2D eigenvalue weighted by Crippen LogP contribution is 2.43. The van der Waals surface area contributed by atoms with Gasteiger partial charge in [-0.05, 0) is 55.1 Å². The summed E-state index contributed by atoms with van der Waals surface area (Å²) in [7, 11) is 1.92. The Morgan fingerprint density at radius 2 is 2.00 bits per heavy atom. The van der Waals surface area contributed by atoms with Crippen molar-refractivity contribution in [3.05, 3.63) is 81.3 Å². The SMILES string of the molecule is Cc1c(C2CN(C(=O)c3cc(-c4ccc(F)cc4)no3)C(C)c3ccsc32)cnn1C. The maximum Gasteiger partial charge on any atom is 0.293 e. The molecule has 8 heteroatoms. The van der Waals surface area contributed by atoms with Crippen LogP contribution in [0.15, 0.2) is 52.5 Å². The molecule has 4 aromatic rings. The standard InChI is InChI=1S/C23H21FN4O2S/c1-13-18(11-25-27(13)3)19-12-28(14(2)17-8-9-31-22(17)19)23(29)21-10-20(26-30-21)15-4-6-16(24)7-5-15/h4-11,14,19H,12H2,1-3H3.